The molecule has 28 heavy (non-hydrogen) atoms. The zero-order chi connectivity index (χ0) is 19.7. The number of urea groups is 1. The summed E-state index contributed by atoms with van der Waals surface area (Å²) in [6.07, 6.45) is 6.12. The Morgan fingerprint density at radius 3 is 2.79 bits per heavy atom. The molecule has 3 aliphatic rings. The molecular formula is C18H23N5O4S. The highest BCUT2D eigenvalue weighted by Gasteiger charge is 2.52. The summed E-state index contributed by atoms with van der Waals surface area (Å²) in [5, 5.41) is 7.83. The fourth-order valence-electron chi connectivity index (χ4n) is 4.36. The van der Waals surface area contributed by atoms with Crippen LogP contribution in [0.25, 0.3) is 0 Å². The van der Waals surface area contributed by atoms with Gasteiger partial charge < -0.3 is 15.5 Å². The maximum Gasteiger partial charge on any atom is 0.325 e. The predicted molar refractivity (Wildman–Crippen MR) is 102 cm³/mol. The van der Waals surface area contributed by atoms with Crippen LogP contribution in [-0.4, -0.2) is 63.2 Å². The van der Waals surface area contributed by atoms with Crippen LogP contribution in [0.4, 0.5) is 9.93 Å². The second kappa shape index (κ2) is 7.50. The van der Waals surface area contributed by atoms with Gasteiger partial charge in [0.15, 0.2) is 5.13 Å². The van der Waals surface area contributed by atoms with Crippen LogP contribution in [0.3, 0.4) is 0 Å². The zero-order valence-electron chi connectivity index (χ0n) is 15.5. The molecule has 2 N–H and O–H groups in total. The number of hydrogen-bond donors (Lipinski definition) is 2. The van der Waals surface area contributed by atoms with E-state index < -0.39 is 17.6 Å². The van der Waals surface area contributed by atoms with Crippen molar-refractivity contribution < 1.29 is 19.2 Å². The van der Waals surface area contributed by atoms with Gasteiger partial charge in [0.05, 0.1) is 0 Å². The number of carbonyl (C=O) groups is 4. The summed E-state index contributed by atoms with van der Waals surface area (Å²) >= 11 is 1.32. The molecule has 5 amide bonds. The molecule has 1 saturated carbocycles. The Labute approximate surface area is 166 Å². The van der Waals surface area contributed by atoms with Gasteiger partial charge >= 0.3 is 6.03 Å². The Morgan fingerprint density at radius 2 is 2.07 bits per heavy atom. The number of amides is 5. The van der Waals surface area contributed by atoms with Gasteiger partial charge in [-0.3, -0.25) is 19.3 Å². The third-order valence-corrected chi connectivity index (χ3v) is 6.48. The van der Waals surface area contributed by atoms with E-state index in [0.29, 0.717) is 30.9 Å². The van der Waals surface area contributed by atoms with E-state index in [4.69, 9.17) is 0 Å². The van der Waals surface area contributed by atoms with Crippen LogP contribution in [0.1, 0.15) is 44.9 Å². The molecule has 0 radical (unpaired) electrons. The minimum absolute atomic E-state index is 0.0241. The summed E-state index contributed by atoms with van der Waals surface area (Å²) in [6.45, 7) is 0.543. The van der Waals surface area contributed by atoms with E-state index in [1.54, 1.807) is 16.5 Å². The molecule has 2 saturated heterocycles. The second-order valence-electron chi connectivity index (χ2n) is 7.50. The highest BCUT2D eigenvalue weighted by Crippen LogP contribution is 2.35. The first-order valence-corrected chi connectivity index (χ1v) is 10.5. The first-order valence-electron chi connectivity index (χ1n) is 9.64. The average Bonchev–Trinajstić information content (AvgIpc) is 3.44. The van der Waals surface area contributed by atoms with Gasteiger partial charge in [0.25, 0.3) is 5.91 Å². The Bertz CT molecular complexity index is 790. The molecule has 3 fully saturated rings. The van der Waals surface area contributed by atoms with Crippen molar-refractivity contribution >= 4 is 40.2 Å². The standard InChI is InChI=1S/C18H23N5O4S/c24-13(5-10-23-15(26)18(21-17(23)27)6-1-2-7-18)22-9-3-4-12(22)14(25)20-16-19-8-11-28-16/h8,11-12H,1-7,9-10H2,(H,21,27)(H,19,20,25). The molecule has 1 aliphatic carbocycles. The van der Waals surface area contributed by atoms with Gasteiger partial charge in [-0.05, 0) is 25.7 Å². The number of anilines is 1. The minimum Gasteiger partial charge on any atom is -0.331 e. The second-order valence-corrected chi connectivity index (χ2v) is 8.39. The lowest BCUT2D eigenvalue weighted by atomic mass is 9.98. The molecule has 0 bridgehead atoms. The maximum absolute atomic E-state index is 12.7. The summed E-state index contributed by atoms with van der Waals surface area (Å²) in [5.41, 5.74) is -0.760. The quantitative estimate of drug-likeness (QED) is 0.718. The summed E-state index contributed by atoms with van der Waals surface area (Å²) in [7, 11) is 0. The number of imide groups is 1. The zero-order valence-corrected chi connectivity index (χ0v) is 16.3. The van der Waals surface area contributed by atoms with E-state index in [1.807, 2.05) is 0 Å². The molecule has 10 heteroatoms. The monoisotopic (exact) mass is 405 g/mol. The molecule has 3 heterocycles. The number of thiazole rings is 1. The number of aromatic nitrogens is 1. The van der Waals surface area contributed by atoms with Crippen molar-refractivity contribution in [3.05, 3.63) is 11.6 Å². The van der Waals surface area contributed by atoms with E-state index in [0.717, 1.165) is 24.2 Å². The summed E-state index contributed by atoms with van der Waals surface area (Å²) in [4.78, 5) is 56.8. The summed E-state index contributed by atoms with van der Waals surface area (Å²) in [6, 6.07) is -0.958. The number of carbonyl (C=O) groups excluding carboxylic acids is 4. The molecule has 1 spiro atoms. The number of likely N-dealkylation sites (tertiary alicyclic amines) is 1. The van der Waals surface area contributed by atoms with E-state index in [-0.39, 0.29) is 30.7 Å². The van der Waals surface area contributed by atoms with Gasteiger partial charge in [-0.1, -0.05) is 12.8 Å². The fourth-order valence-corrected chi connectivity index (χ4v) is 4.89. The lowest BCUT2D eigenvalue weighted by Gasteiger charge is -2.24. The molecule has 1 aromatic heterocycles. The van der Waals surface area contributed by atoms with Crippen LogP contribution < -0.4 is 10.6 Å². The molecule has 0 aromatic carbocycles. The third kappa shape index (κ3) is 3.36. The van der Waals surface area contributed by atoms with Gasteiger partial charge in [-0.15, -0.1) is 11.3 Å². The lowest BCUT2D eigenvalue weighted by molar-refractivity contribution is -0.137. The van der Waals surface area contributed by atoms with Crippen LogP contribution in [0.15, 0.2) is 11.6 Å². The lowest BCUT2D eigenvalue weighted by Crippen LogP contribution is -2.45. The molecular weight excluding hydrogens is 382 g/mol. The van der Waals surface area contributed by atoms with Crippen molar-refractivity contribution in [3.8, 4) is 0 Å². The average molecular weight is 405 g/mol. The third-order valence-electron chi connectivity index (χ3n) is 5.79. The fraction of sp³-hybridized carbons (Fsp3) is 0.611. The van der Waals surface area contributed by atoms with Crippen LogP contribution in [0.2, 0.25) is 0 Å². The van der Waals surface area contributed by atoms with Crippen LogP contribution >= 0.6 is 11.3 Å². The smallest absolute Gasteiger partial charge is 0.325 e. The first-order chi connectivity index (χ1) is 13.5. The normalized spacial score (nSPS) is 23.5. The van der Waals surface area contributed by atoms with Gasteiger partial charge in [0.1, 0.15) is 11.6 Å². The highest BCUT2D eigenvalue weighted by atomic mass is 32.1. The van der Waals surface area contributed by atoms with E-state index >= 15 is 0 Å². The number of nitrogens with one attached hydrogen (secondary N) is 2. The Morgan fingerprint density at radius 1 is 1.29 bits per heavy atom. The van der Waals surface area contributed by atoms with E-state index in [9.17, 15) is 19.2 Å². The Kier molecular flexibility index (Phi) is 5.05. The van der Waals surface area contributed by atoms with Crippen molar-refractivity contribution in [3.63, 3.8) is 0 Å². The minimum atomic E-state index is -0.760. The number of hydrogen-bond acceptors (Lipinski definition) is 6. The van der Waals surface area contributed by atoms with E-state index in [1.165, 1.54) is 11.3 Å². The van der Waals surface area contributed by atoms with Gasteiger partial charge in [0.2, 0.25) is 11.8 Å². The molecule has 150 valence electrons. The van der Waals surface area contributed by atoms with Crippen molar-refractivity contribution in [2.24, 2.45) is 0 Å². The maximum atomic E-state index is 12.7. The number of nitrogens with zero attached hydrogens (tertiary/aromatic N) is 3. The van der Waals surface area contributed by atoms with Crippen molar-refractivity contribution in [1.29, 1.82) is 0 Å². The van der Waals surface area contributed by atoms with E-state index in [2.05, 4.69) is 15.6 Å². The SMILES string of the molecule is O=C(Nc1nccs1)C1CCCN1C(=O)CCN1C(=O)NC2(CCCC2)C1=O. The largest absolute Gasteiger partial charge is 0.331 e. The highest BCUT2D eigenvalue weighted by molar-refractivity contribution is 7.13. The summed E-state index contributed by atoms with van der Waals surface area (Å²) in [5.74, 6) is -0.687. The molecule has 1 aromatic rings. The molecule has 1 unspecified atom stereocenters. The van der Waals surface area contributed by atoms with Crippen molar-refractivity contribution in [2.45, 2.75) is 56.5 Å². The molecule has 4 rings (SSSR count). The molecule has 9 nitrogen and oxygen atoms in total. The topological polar surface area (TPSA) is 112 Å². The molecule has 2 aliphatic heterocycles. The predicted octanol–water partition coefficient (Wildman–Crippen LogP) is 1.33. The van der Waals surface area contributed by atoms with Crippen LogP contribution in [0.5, 0.6) is 0 Å². The van der Waals surface area contributed by atoms with Crippen LogP contribution in [0, 0.1) is 0 Å². The van der Waals surface area contributed by atoms with Crippen molar-refractivity contribution in [1.82, 2.24) is 20.1 Å². The van der Waals surface area contributed by atoms with Gasteiger partial charge in [-0.2, -0.15) is 0 Å². The van der Waals surface area contributed by atoms with Crippen LogP contribution in [-0.2, 0) is 14.4 Å². The first kappa shape index (κ1) is 18.9. The van der Waals surface area contributed by atoms with Gasteiger partial charge in [-0.25, -0.2) is 9.78 Å². The molecule has 1 atom stereocenters. The van der Waals surface area contributed by atoms with Gasteiger partial charge in [0, 0.05) is 31.1 Å². The number of rotatable bonds is 5. The Balaban J connectivity index is 1.34. The van der Waals surface area contributed by atoms with Crippen molar-refractivity contribution in [2.75, 3.05) is 18.4 Å². The Hall–Kier alpha value is -2.49. The summed E-state index contributed by atoms with van der Waals surface area (Å²) < 4.78 is 0.